The minimum absolute atomic E-state index is 0.0421. The monoisotopic (exact) mass is 436 g/mol. The van der Waals surface area contributed by atoms with E-state index >= 15 is 0 Å². The third-order valence-corrected chi connectivity index (χ3v) is 7.52. The van der Waals surface area contributed by atoms with Crippen LogP contribution < -0.4 is 0 Å². The summed E-state index contributed by atoms with van der Waals surface area (Å²) in [5.41, 5.74) is 5.36. The zero-order chi connectivity index (χ0) is 20.7. The molecule has 1 N–H and O–H groups in total. The molecule has 5 nitrogen and oxygen atoms in total. The van der Waals surface area contributed by atoms with Gasteiger partial charge in [-0.1, -0.05) is 30.0 Å². The van der Waals surface area contributed by atoms with Crippen LogP contribution in [-0.2, 0) is 18.6 Å². The quantitative estimate of drug-likeness (QED) is 0.300. The van der Waals surface area contributed by atoms with Gasteiger partial charge >= 0.3 is 5.97 Å². The van der Waals surface area contributed by atoms with Gasteiger partial charge in [0.15, 0.2) is 0 Å². The molecule has 0 saturated carbocycles. The van der Waals surface area contributed by atoms with E-state index in [0.29, 0.717) is 11.5 Å². The number of carboxylic acids is 1. The first-order valence-electron chi connectivity index (χ1n) is 9.91. The van der Waals surface area contributed by atoms with Crippen molar-refractivity contribution in [1.82, 2.24) is 9.97 Å². The second kappa shape index (κ2) is 7.89. The zero-order valence-electron chi connectivity index (χ0n) is 16.5. The average molecular weight is 437 g/mol. The smallest absolute Gasteiger partial charge is 0.371 e. The van der Waals surface area contributed by atoms with Crippen molar-refractivity contribution in [2.75, 3.05) is 0 Å². The molecule has 0 radical (unpaired) electrons. The minimum atomic E-state index is -1.06. The van der Waals surface area contributed by atoms with Crippen LogP contribution in [-0.4, -0.2) is 21.0 Å². The maximum atomic E-state index is 11.0. The van der Waals surface area contributed by atoms with Crippen LogP contribution in [0.3, 0.4) is 0 Å². The first kappa shape index (κ1) is 19.3. The molecule has 0 aliphatic heterocycles. The Balaban J connectivity index is 1.53. The number of nitrogens with zero attached hydrogens (tertiary/aromatic N) is 2. The Morgan fingerprint density at radius 2 is 2.00 bits per heavy atom. The van der Waals surface area contributed by atoms with Gasteiger partial charge < -0.3 is 9.52 Å². The SMILES string of the molecule is Cc1sc2ncnc(SCc3ccc(C(=O)O)o3)c2c1-c1ccc2c(c1)CCCC2. The molecule has 1 aromatic carbocycles. The Hall–Kier alpha value is -2.64. The molecule has 3 heterocycles. The highest BCUT2D eigenvalue weighted by Gasteiger charge is 2.19. The molecule has 0 atom stereocenters. The van der Waals surface area contributed by atoms with Gasteiger partial charge in [0.1, 0.15) is 21.9 Å². The van der Waals surface area contributed by atoms with Crippen molar-refractivity contribution in [3.8, 4) is 11.1 Å². The largest absolute Gasteiger partial charge is 0.475 e. The molecule has 0 bridgehead atoms. The third kappa shape index (κ3) is 3.52. The molecule has 3 aromatic heterocycles. The van der Waals surface area contributed by atoms with E-state index in [2.05, 4.69) is 35.1 Å². The first-order chi connectivity index (χ1) is 14.6. The predicted molar refractivity (Wildman–Crippen MR) is 119 cm³/mol. The molecule has 152 valence electrons. The summed E-state index contributed by atoms with van der Waals surface area (Å²) in [6.07, 6.45) is 6.45. The molecule has 7 heteroatoms. The van der Waals surface area contributed by atoms with Crippen LogP contribution in [0.5, 0.6) is 0 Å². The van der Waals surface area contributed by atoms with Gasteiger partial charge in [-0.05, 0) is 61.4 Å². The second-order valence-corrected chi connectivity index (χ2v) is 9.61. The number of furan rings is 1. The second-order valence-electron chi connectivity index (χ2n) is 7.44. The number of carboxylic acid groups (broad SMARTS) is 1. The zero-order valence-corrected chi connectivity index (χ0v) is 18.1. The number of thiophene rings is 1. The Labute approximate surface area is 182 Å². The van der Waals surface area contributed by atoms with Crippen molar-refractivity contribution in [3.05, 3.63) is 64.2 Å². The molecule has 1 aliphatic rings. The van der Waals surface area contributed by atoms with Crippen molar-refractivity contribution in [2.45, 2.75) is 43.4 Å². The van der Waals surface area contributed by atoms with Crippen molar-refractivity contribution < 1.29 is 14.3 Å². The van der Waals surface area contributed by atoms with Crippen LogP contribution >= 0.6 is 23.1 Å². The summed E-state index contributed by atoms with van der Waals surface area (Å²) in [6.45, 7) is 2.14. The molecule has 30 heavy (non-hydrogen) atoms. The number of aromatic nitrogens is 2. The molecule has 0 amide bonds. The number of rotatable bonds is 5. The number of thioether (sulfide) groups is 1. The standard InChI is InChI=1S/C23H20N2O3S2/c1-13-19(16-7-6-14-4-2-3-5-15(14)10-16)20-21(24-12-25-22(20)30-13)29-11-17-8-9-18(28-17)23(26)27/h6-10,12H,2-5,11H2,1H3,(H,26,27). The third-order valence-electron chi connectivity index (χ3n) is 5.49. The number of fused-ring (bicyclic) bond motifs is 2. The van der Waals surface area contributed by atoms with Gasteiger partial charge in [-0.2, -0.15) is 0 Å². The van der Waals surface area contributed by atoms with Crippen LogP contribution in [0.4, 0.5) is 0 Å². The van der Waals surface area contributed by atoms with E-state index in [1.54, 1.807) is 35.5 Å². The van der Waals surface area contributed by atoms with Crippen molar-refractivity contribution in [2.24, 2.45) is 0 Å². The number of carbonyl (C=O) groups is 1. The van der Waals surface area contributed by atoms with E-state index in [-0.39, 0.29) is 5.76 Å². The van der Waals surface area contributed by atoms with E-state index in [9.17, 15) is 4.79 Å². The molecular formula is C23H20N2O3S2. The lowest BCUT2D eigenvalue weighted by Crippen LogP contribution is -2.02. The van der Waals surface area contributed by atoms with Crippen molar-refractivity contribution in [1.29, 1.82) is 0 Å². The van der Waals surface area contributed by atoms with Crippen LogP contribution in [0.1, 0.15) is 45.2 Å². The molecule has 5 rings (SSSR count). The average Bonchev–Trinajstić information content (AvgIpc) is 3.36. The Bertz CT molecular complexity index is 1260. The lowest BCUT2D eigenvalue weighted by atomic mass is 9.89. The van der Waals surface area contributed by atoms with E-state index in [0.717, 1.165) is 21.7 Å². The summed E-state index contributed by atoms with van der Waals surface area (Å²) < 4.78 is 5.40. The van der Waals surface area contributed by atoms with Gasteiger partial charge in [0, 0.05) is 10.4 Å². The van der Waals surface area contributed by atoms with Gasteiger partial charge in [-0.3, -0.25) is 0 Å². The first-order valence-corrected chi connectivity index (χ1v) is 11.7. The molecule has 0 saturated heterocycles. The fourth-order valence-corrected chi connectivity index (χ4v) is 6.05. The molecule has 0 unspecified atom stereocenters. The van der Waals surface area contributed by atoms with Crippen LogP contribution in [0.15, 0.2) is 46.1 Å². The summed E-state index contributed by atoms with van der Waals surface area (Å²) in [5.74, 6) is 0.0302. The summed E-state index contributed by atoms with van der Waals surface area (Å²) in [7, 11) is 0. The summed E-state index contributed by atoms with van der Waals surface area (Å²) in [6, 6.07) is 10.0. The van der Waals surface area contributed by atoms with Gasteiger partial charge in [-0.15, -0.1) is 11.3 Å². The molecule has 0 spiro atoms. The normalized spacial score (nSPS) is 13.5. The Morgan fingerprint density at radius 3 is 2.80 bits per heavy atom. The van der Waals surface area contributed by atoms with E-state index in [4.69, 9.17) is 9.52 Å². The van der Waals surface area contributed by atoms with Gasteiger partial charge in [0.05, 0.1) is 11.1 Å². The van der Waals surface area contributed by atoms with E-state index in [1.807, 2.05) is 0 Å². The summed E-state index contributed by atoms with van der Waals surface area (Å²) in [5, 5.41) is 11.0. The topological polar surface area (TPSA) is 76.2 Å². The fraction of sp³-hybridized carbons (Fsp3) is 0.261. The number of aromatic carboxylic acids is 1. The van der Waals surface area contributed by atoms with Gasteiger partial charge in [0.25, 0.3) is 0 Å². The van der Waals surface area contributed by atoms with Gasteiger partial charge in [0.2, 0.25) is 5.76 Å². The van der Waals surface area contributed by atoms with Crippen molar-refractivity contribution >= 4 is 39.3 Å². The molecule has 0 fully saturated rings. The summed E-state index contributed by atoms with van der Waals surface area (Å²) >= 11 is 3.24. The Kier molecular flexibility index (Phi) is 5.08. The maximum Gasteiger partial charge on any atom is 0.371 e. The fourth-order valence-electron chi connectivity index (χ4n) is 4.07. The maximum absolute atomic E-state index is 11.0. The van der Waals surface area contributed by atoms with Gasteiger partial charge in [-0.25, -0.2) is 14.8 Å². The predicted octanol–water partition coefficient (Wildman–Crippen LogP) is 6.13. The van der Waals surface area contributed by atoms with Crippen LogP contribution in [0.2, 0.25) is 0 Å². The molecule has 1 aliphatic carbocycles. The Morgan fingerprint density at radius 1 is 1.17 bits per heavy atom. The lowest BCUT2D eigenvalue weighted by Gasteiger charge is -2.17. The highest BCUT2D eigenvalue weighted by molar-refractivity contribution is 7.98. The minimum Gasteiger partial charge on any atom is -0.475 e. The lowest BCUT2D eigenvalue weighted by molar-refractivity contribution is 0.0661. The number of aryl methyl sites for hydroxylation is 3. The summed E-state index contributed by atoms with van der Waals surface area (Å²) in [4.78, 5) is 22.3. The molecular weight excluding hydrogens is 416 g/mol. The number of hydrogen-bond donors (Lipinski definition) is 1. The number of hydrogen-bond acceptors (Lipinski definition) is 6. The molecule has 4 aromatic rings. The van der Waals surface area contributed by atoms with Crippen LogP contribution in [0, 0.1) is 6.92 Å². The number of benzene rings is 1. The highest BCUT2D eigenvalue weighted by atomic mass is 32.2. The van der Waals surface area contributed by atoms with Crippen LogP contribution in [0.25, 0.3) is 21.3 Å². The van der Waals surface area contributed by atoms with Crippen molar-refractivity contribution in [3.63, 3.8) is 0 Å². The highest BCUT2D eigenvalue weighted by Crippen LogP contribution is 2.42. The van der Waals surface area contributed by atoms with E-state index in [1.165, 1.54) is 52.5 Å². The van der Waals surface area contributed by atoms with E-state index < -0.39 is 5.97 Å².